The van der Waals surface area contributed by atoms with Crippen molar-refractivity contribution in [3.05, 3.63) is 29.8 Å². The van der Waals surface area contributed by atoms with Crippen molar-refractivity contribution in [3.8, 4) is 5.75 Å². The van der Waals surface area contributed by atoms with E-state index in [0.29, 0.717) is 0 Å². The summed E-state index contributed by atoms with van der Waals surface area (Å²) in [5.74, 6) is 0.130. The third-order valence-corrected chi connectivity index (χ3v) is 3.61. The molecule has 5 nitrogen and oxygen atoms in total. The van der Waals surface area contributed by atoms with Crippen molar-refractivity contribution < 1.29 is 14.6 Å². The Bertz CT molecular complexity index is 433. The summed E-state index contributed by atoms with van der Waals surface area (Å²) in [5.41, 5.74) is 1.26. The molecule has 1 aliphatic rings. The third kappa shape index (κ3) is 4.51. The van der Waals surface area contributed by atoms with Crippen molar-refractivity contribution in [2.45, 2.75) is 13.0 Å². The molecule has 1 saturated heterocycles. The zero-order valence-electron chi connectivity index (χ0n) is 11.9. The summed E-state index contributed by atoms with van der Waals surface area (Å²) in [5, 5.41) is 8.84. The molecule has 0 spiro atoms. The van der Waals surface area contributed by atoms with Crippen molar-refractivity contribution in [2.24, 2.45) is 0 Å². The summed E-state index contributed by atoms with van der Waals surface area (Å²) in [6.45, 7) is 4.68. The summed E-state index contributed by atoms with van der Waals surface area (Å²) in [6, 6.07) is 8.12. The first-order chi connectivity index (χ1) is 9.67. The van der Waals surface area contributed by atoms with Gasteiger partial charge in [0.15, 0.2) is 0 Å². The Morgan fingerprint density at radius 1 is 1.15 bits per heavy atom. The van der Waals surface area contributed by atoms with Gasteiger partial charge >= 0.3 is 5.97 Å². The lowest BCUT2D eigenvalue weighted by Crippen LogP contribution is -2.34. The van der Waals surface area contributed by atoms with Crippen LogP contribution >= 0.6 is 0 Å². The summed E-state index contributed by atoms with van der Waals surface area (Å²) < 4.78 is 5.15. The lowest BCUT2D eigenvalue weighted by Gasteiger charge is -2.21. The van der Waals surface area contributed by atoms with Crippen LogP contribution in [-0.2, 0) is 11.3 Å². The fourth-order valence-corrected chi connectivity index (χ4v) is 2.52. The first-order valence-electron chi connectivity index (χ1n) is 6.97. The quantitative estimate of drug-likeness (QED) is 0.879. The van der Waals surface area contributed by atoms with Crippen LogP contribution in [0.1, 0.15) is 12.0 Å². The zero-order valence-corrected chi connectivity index (χ0v) is 11.9. The summed E-state index contributed by atoms with van der Waals surface area (Å²) in [4.78, 5) is 15.1. The van der Waals surface area contributed by atoms with Gasteiger partial charge in [0.1, 0.15) is 5.75 Å². The number of rotatable bonds is 5. The van der Waals surface area contributed by atoms with Gasteiger partial charge in [-0.05, 0) is 30.7 Å². The molecular weight excluding hydrogens is 256 g/mol. The standard InChI is InChI=1S/C15H22N2O3/c1-20-14-5-3-13(4-6-14)11-16-7-2-8-17(10-9-16)12-15(18)19/h3-6H,2,7-12H2,1H3,(H,18,19). The first kappa shape index (κ1) is 14.8. The minimum absolute atomic E-state index is 0.149. The van der Waals surface area contributed by atoms with Gasteiger partial charge < -0.3 is 9.84 Å². The number of hydrogen-bond acceptors (Lipinski definition) is 4. The number of aliphatic carboxylic acids is 1. The van der Waals surface area contributed by atoms with E-state index in [1.54, 1.807) is 7.11 Å². The van der Waals surface area contributed by atoms with Crippen LogP contribution in [0.3, 0.4) is 0 Å². The van der Waals surface area contributed by atoms with E-state index in [1.165, 1.54) is 5.56 Å². The lowest BCUT2D eigenvalue weighted by atomic mass is 10.2. The molecule has 0 bridgehead atoms. The monoisotopic (exact) mass is 278 g/mol. The molecule has 0 amide bonds. The average Bonchev–Trinajstić information content (AvgIpc) is 2.65. The van der Waals surface area contributed by atoms with Crippen LogP contribution < -0.4 is 4.74 Å². The van der Waals surface area contributed by atoms with Crippen molar-refractivity contribution >= 4 is 5.97 Å². The number of carboxylic acid groups (broad SMARTS) is 1. The highest BCUT2D eigenvalue weighted by atomic mass is 16.5. The van der Waals surface area contributed by atoms with Gasteiger partial charge in [0.05, 0.1) is 13.7 Å². The second-order valence-electron chi connectivity index (χ2n) is 5.15. The Kier molecular flexibility index (Phi) is 5.38. The number of methoxy groups -OCH3 is 1. The number of hydrogen-bond donors (Lipinski definition) is 1. The van der Waals surface area contributed by atoms with Gasteiger partial charge in [-0.15, -0.1) is 0 Å². The van der Waals surface area contributed by atoms with Crippen LogP contribution in [0.2, 0.25) is 0 Å². The molecule has 1 heterocycles. The van der Waals surface area contributed by atoms with Crippen molar-refractivity contribution in [1.29, 1.82) is 0 Å². The van der Waals surface area contributed by atoms with E-state index in [1.807, 2.05) is 17.0 Å². The molecule has 2 rings (SSSR count). The molecule has 0 aliphatic carbocycles. The van der Waals surface area contributed by atoms with Gasteiger partial charge in [0, 0.05) is 26.2 Å². The van der Waals surface area contributed by atoms with Crippen LogP contribution in [0.5, 0.6) is 5.75 Å². The van der Waals surface area contributed by atoms with Gasteiger partial charge in [-0.25, -0.2) is 0 Å². The van der Waals surface area contributed by atoms with E-state index in [2.05, 4.69) is 17.0 Å². The topological polar surface area (TPSA) is 53.0 Å². The number of ether oxygens (including phenoxy) is 1. The third-order valence-electron chi connectivity index (χ3n) is 3.61. The Labute approximate surface area is 119 Å². The molecule has 0 aromatic heterocycles. The first-order valence-corrected chi connectivity index (χ1v) is 6.97. The molecule has 1 fully saturated rings. The lowest BCUT2D eigenvalue weighted by molar-refractivity contribution is -0.138. The SMILES string of the molecule is COc1ccc(CN2CCCN(CC(=O)O)CC2)cc1. The molecule has 5 heteroatoms. The van der Waals surface area contributed by atoms with Gasteiger partial charge in [-0.3, -0.25) is 14.6 Å². The minimum Gasteiger partial charge on any atom is -0.497 e. The van der Waals surface area contributed by atoms with Crippen molar-refractivity contribution in [2.75, 3.05) is 39.8 Å². The number of nitrogens with zero attached hydrogens (tertiary/aromatic N) is 2. The smallest absolute Gasteiger partial charge is 0.317 e. The van der Waals surface area contributed by atoms with Gasteiger partial charge in [0.25, 0.3) is 0 Å². The molecule has 1 N–H and O–H groups in total. The van der Waals surface area contributed by atoms with E-state index in [-0.39, 0.29) is 6.54 Å². The second-order valence-corrected chi connectivity index (χ2v) is 5.15. The molecule has 0 radical (unpaired) electrons. The molecule has 0 saturated carbocycles. The molecule has 1 aromatic carbocycles. The fraction of sp³-hybridized carbons (Fsp3) is 0.533. The maximum Gasteiger partial charge on any atom is 0.317 e. The summed E-state index contributed by atoms with van der Waals surface area (Å²) >= 11 is 0. The van der Waals surface area contributed by atoms with E-state index in [4.69, 9.17) is 9.84 Å². The normalized spacial score (nSPS) is 17.6. The highest BCUT2D eigenvalue weighted by Crippen LogP contribution is 2.14. The molecule has 20 heavy (non-hydrogen) atoms. The van der Waals surface area contributed by atoms with Gasteiger partial charge in [0.2, 0.25) is 0 Å². The predicted molar refractivity (Wildman–Crippen MR) is 77.0 cm³/mol. The van der Waals surface area contributed by atoms with Crippen molar-refractivity contribution in [3.63, 3.8) is 0 Å². The molecule has 0 atom stereocenters. The van der Waals surface area contributed by atoms with Crippen molar-refractivity contribution in [1.82, 2.24) is 9.80 Å². The summed E-state index contributed by atoms with van der Waals surface area (Å²) in [7, 11) is 1.67. The molecule has 0 unspecified atom stereocenters. The van der Waals surface area contributed by atoms with E-state index >= 15 is 0 Å². The Morgan fingerprint density at radius 2 is 1.80 bits per heavy atom. The predicted octanol–water partition coefficient (Wildman–Crippen LogP) is 1.29. The highest BCUT2D eigenvalue weighted by molar-refractivity contribution is 5.69. The maximum atomic E-state index is 10.7. The summed E-state index contributed by atoms with van der Waals surface area (Å²) in [6.07, 6.45) is 1.02. The molecular formula is C15H22N2O3. The van der Waals surface area contributed by atoms with E-state index in [0.717, 1.165) is 44.9 Å². The molecule has 110 valence electrons. The van der Waals surface area contributed by atoms with Crippen LogP contribution in [0.15, 0.2) is 24.3 Å². The minimum atomic E-state index is -0.742. The largest absolute Gasteiger partial charge is 0.497 e. The van der Waals surface area contributed by atoms with E-state index < -0.39 is 5.97 Å². The Balaban J connectivity index is 1.85. The Morgan fingerprint density at radius 3 is 2.45 bits per heavy atom. The second kappa shape index (κ2) is 7.26. The van der Waals surface area contributed by atoms with E-state index in [9.17, 15) is 4.79 Å². The number of carboxylic acids is 1. The molecule has 1 aliphatic heterocycles. The number of benzene rings is 1. The van der Waals surface area contributed by atoms with Crippen LogP contribution in [0, 0.1) is 0 Å². The highest BCUT2D eigenvalue weighted by Gasteiger charge is 2.16. The van der Waals surface area contributed by atoms with Gasteiger partial charge in [-0.1, -0.05) is 12.1 Å². The average molecular weight is 278 g/mol. The number of carbonyl (C=O) groups is 1. The molecule has 1 aromatic rings. The zero-order chi connectivity index (χ0) is 14.4. The van der Waals surface area contributed by atoms with Crippen LogP contribution in [0.25, 0.3) is 0 Å². The van der Waals surface area contributed by atoms with Gasteiger partial charge in [-0.2, -0.15) is 0 Å². The fourth-order valence-electron chi connectivity index (χ4n) is 2.52. The van der Waals surface area contributed by atoms with Crippen LogP contribution in [0.4, 0.5) is 0 Å². The Hall–Kier alpha value is -1.59. The maximum absolute atomic E-state index is 10.7. The van der Waals surface area contributed by atoms with Crippen LogP contribution in [-0.4, -0.2) is 60.7 Å².